The van der Waals surface area contributed by atoms with Crippen LogP contribution in [0.4, 0.5) is 5.69 Å². The lowest BCUT2D eigenvalue weighted by Gasteiger charge is -2.39. The number of rotatable bonds is 3. The Labute approximate surface area is 125 Å². The molecule has 0 unspecified atom stereocenters. The van der Waals surface area contributed by atoms with Crippen LogP contribution in [0.1, 0.15) is 25.8 Å². The zero-order chi connectivity index (χ0) is 15.8. The number of benzene rings is 1. The number of amides is 2. The second kappa shape index (κ2) is 5.39. The van der Waals surface area contributed by atoms with Gasteiger partial charge >= 0.3 is 0 Å². The predicted octanol–water partition coefficient (Wildman–Crippen LogP) is 1.98. The van der Waals surface area contributed by atoms with E-state index in [1.54, 1.807) is 32.8 Å². The molecule has 0 atom stereocenters. The summed E-state index contributed by atoms with van der Waals surface area (Å²) >= 11 is 0. The van der Waals surface area contributed by atoms with Gasteiger partial charge in [0, 0.05) is 27.1 Å². The summed E-state index contributed by atoms with van der Waals surface area (Å²) in [5.41, 5.74) is 0.878. The van der Waals surface area contributed by atoms with E-state index in [4.69, 9.17) is 4.74 Å². The highest BCUT2D eigenvalue weighted by molar-refractivity contribution is 6.02. The minimum Gasteiger partial charge on any atom is -0.476 e. The molecule has 0 aromatic heterocycles. The molecular formula is C16H22N2O3. The lowest BCUT2D eigenvalue weighted by atomic mass is 10.0. The predicted molar refractivity (Wildman–Crippen MR) is 81.6 cm³/mol. The maximum atomic E-state index is 12.6. The van der Waals surface area contributed by atoms with Crippen molar-refractivity contribution in [2.24, 2.45) is 0 Å². The van der Waals surface area contributed by atoms with E-state index >= 15 is 0 Å². The number of anilines is 1. The summed E-state index contributed by atoms with van der Waals surface area (Å²) in [4.78, 5) is 27.6. The summed E-state index contributed by atoms with van der Waals surface area (Å²) in [5, 5.41) is 0. The highest BCUT2D eigenvalue weighted by Gasteiger charge is 2.40. The molecule has 0 saturated carbocycles. The topological polar surface area (TPSA) is 49.9 Å². The van der Waals surface area contributed by atoms with Crippen LogP contribution in [-0.2, 0) is 9.59 Å². The van der Waals surface area contributed by atoms with Crippen molar-refractivity contribution in [3.05, 3.63) is 23.8 Å². The molecule has 2 amide bonds. The molecule has 21 heavy (non-hydrogen) atoms. The normalized spacial score (nSPS) is 16.2. The SMILES string of the molecule is Cc1ccc2c(c1)N(CCC(=O)N(C)C)C(=O)C(C)(C)O2. The van der Waals surface area contributed by atoms with Crippen molar-refractivity contribution in [1.29, 1.82) is 0 Å². The van der Waals surface area contributed by atoms with Crippen LogP contribution in [0.2, 0.25) is 0 Å². The van der Waals surface area contributed by atoms with Crippen molar-refractivity contribution < 1.29 is 14.3 Å². The molecule has 0 spiro atoms. The first kappa shape index (κ1) is 15.4. The maximum Gasteiger partial charge on any atom is 0.270 e. The van der Waals surface area contributed by atoms with Crippen molar-refractivity contribution in [2.45, 2.75) is 32.8 Å². The Morgan fingerprint density at radius 3 is 2.62 bits per heavy atom. The summed E-state index contributed by atoms with van der Waals surface area (Å²) in [6, 6.07) is 5.75. The van der Waals surface area contributed by atoms with Crippen LogP contribution in [0, 0.1) is 6.92 Å². The molecule has 1 aromatic rings. The summed E-state index contributed by atoms with van der Waals surface area (Å²) in [6.07, 6.45) is 0.294. The van der Waals surface area contributed by atoms with Crippen LogP contribution >= 0.6 is 0 Å². The number of carbonyl (C=O) groups is 2. The van der Waals surface area contributed by atoms with Crippen molar-refractivity contribution >= 4 is 17.5 Å². The second-order valence-corrected chi connectivity index (χ2v) is 6.08. The number of hydrogen-bond acceptors (Lipinski definition) is 3. The summed E-state index contributed by atoms with van der Waals surface area (Å²) in [6.45, 7) is 5.82. The quantitative estimate of drug-likeness (QED) is 0.855. The van der Waals surface area contributed by atoms with Gasteiger partial charge in [-0.1, -0.05) is 6.07 Å². The van der Waals surface area contributed by atoms with Crippen LogP contribution in [0.15, 0.2) is 18.2 Å². The van der Waals surface area contributed by atoms with Gasteiger partial charge in [0.1, 0.15) is 5.75 Å². The van der Waals surface area contributed by atoms with E-state index < -0.39 is 5.60 Å². The van der Waals surface area contributed by atoms with Gasteiger partial charge in [-0.2, -0.15) is 0 Å². The zero-order valence-electron chi connectivity index (χ0n) is 13.3. The van der Waals surface area contributed by atoms with E-state index in [1.807, 2.05) is 25.1 Å². The fourth-order valence-electron chi connectivity index (χ4n) is 2.33. The Morgan fingerprint density at radius 2 is 2.00 bits per heavy atom. The minimum atomic E-state index is -0.913. The van der Waals surface area contributed by atoms with Gasteiger partial charge in [0.05, 0.1) is 5.69 Å². The molecule has 5 heteroatoms. The first-order valence-electron chi connectivity index (χ1n) is 7.04. The molecule has 1 heterocycles. The third-order valence-electron chi connectivity index (χ3n) is 3.58. The van der Waals surface area contributed by atoms with Gasteiger partial charge < -0.3 is 14.5 Å². The highest BCUT2D eigenvalue weighted by Crippen LogP contribution is 2.38. The largest absolute Gasteiger partial charge is 0.476 e. The van der Waals surface area contributed by atoms with Crippen LogP contribution < -0.4 is 9.64 Å². The Hall–Kier alpha value is -2.04. The third kappa shape index (κ3) is 3.01. The third-order valence-corrected chi connectivity index (χ3v) is 3.58. The van der Waals surface area contributed by atoms with Gasteiger partial charge in [-0.15, -0.1) is 0 Å². The molecule has 1 aromatic carbocycles. The lowest BCUT2D eigenvalue weighted by Crippen LogP contribution is -2.53. The van der Waals surface area contributed by atoms with Crippen LogP contribution in [0.5, 0.6) is 5.75 Å². The van der Waals surface area contributed by atoms with Crippen molar-refractivity contribution in [2.75, 3.05) is 25.5 Å². The van der Waals surface area contributed by atoms with Gasteiger partial charge in [0.15, 0.2) is 5.60 Å². The molecule has 0 aliphatic carbocycles. The number of hydrogen-bond donors (Lipinski definition) is 0. The number of carbonyl (C=O) groups excluding carboxylic acids is 2. The highest BCUT2D eigenvalue weighted by atomic mass is 16.5. The molecule has 2 rings (SSSR count). The van der Waals surface area contributed by atoms with E-state index in [0.29, 0.717) is 18.7 Å². The van der Waals surface area contributed by atoms with E-state index in [-0.39, 0.29) is 11.8 Å². The smallest absolute Gasteiger partial charge is 0.270 e. The first-order valence-corrected chi connectivity index (χ1v) is 7.04. The molecule has 0 radical (unpaired) electrons. The van der Waals surface area contributed by atoms with E-state index in [2.05, 4.69) is 0 Å². The zero-order valence-corrected chi connectivity index (χ0v) is 13.3. The van der Waals surface area contributed by atoms with Gasteiger partial charge in [-0.25, -0.2) is 0 Å². The first-order chi connectivity index (χ1) is 9.72. The average molecular weight is 290 g/mol. The molecule has 1 aliphatic heterocycles. The Morgan fingerprint density at radius 1 is 1.33 bits per heavy atom. The van der Waals surface area contributed by atoms with Crippen LogP contribution in [0.3, 0.4) is 0 Å². The Kier molecular flexibility index (Phi) is 3.94. The second-order valence-electron chi connectivity index (χ2n) is 6.08. The van der Waals surface area contributed by atoms with Crippen molar-refractivity contribution in [3.8, 4) is 5.75 Å². The van der Waals surface area contributed by atoms with Crippen molar-refractivity contribution in [1.82, 2.24) is 4.90 Å². The minimum absolute atomic E-state index is 0.00120. The number of aryl methyl sites for hydroxylation is 1. The molecular weight excluding hydrogens is 268 g/mol. The Balaban J connectivity index is 2.32. The molecule has 0 saturated heterocycles. The fourth-order valence-corrected chi connectivity index (χ4v) is 2.33. The molecule has 5 nitrogen and oxygen atoms in total. The number of ether oxygens (including phenoxy) is 1. The van der Waals surface area contributed by atoms with Gasteiger partial charge in [-0.3, -0.25) is 9.59 Å². The van der Waals surface area contributed by atoms with Crippen molar-refractivity contribution in [3.63, 3.8) is 0 Å². The van der Waals surface area contributed by atoms with E-state index in [9.17, 15) is 9.59 Å². The molecule has 114 valence electrons. The van der Waals surface area contributed by atoms with Crippen LogP contribution in [-0.4, -0.2) is 43.0 Å². The maximum absolute atomic E-state index is 12.6. The standard InChI is InChI=1S/C16H22N2O3/c1-11-6-7-13-12(10-11)18(9-8-14(19)17(4)5)15(20)16(2,3)21-13/h6-7,10H,8-9H2,1-5H3. The summed E-state index contributed by atoms with van der Waals surface area (Å²) < 4.78 is 5.78. The average Bonchev–Trinajstić information content (AvgIpc) is 2.39. The Bertz CT molecular complexity index is 579. The van der Waals surface area contributed by atoms with Gasteiger partial charge in [0.25, 0.3) is 5.91 Å². The van der Waals surface area contributed by atoms with E-state index in [1.165, 1.54) is 4.90 Å². The summed E-state index contributed by atoms with van der Waals surface area (Å²) in [5.74, 6) is 0.566. The molecule has 0 fully saturated rings. The number of fused-ring (bicyclic) bond motifs is 1. The monoisotopic (exact) mass is 290 g/mol. The molecule has 0 N–H and O–H groups in total. The number of nitrogens with zero attached hydrogens (tertiary/aromatic N) is 2. The lowest BCUT2D eigenvalue weighted by molar-refractivity contribution is -0.133. The van der Waals surface area contributed by atoms with Gasteiger partial charge in [-0.05, 0) is 38.5 Å². The summed E-state index contributed by atoms with van der Waals surface area (Å²) in [7, 11) is 3.43. The van der Waals surface area contributed by atoms with Crippen LogP contribution in [0.25, 0.3) is 0 Å². The fraction of sp³-hybridized carbons (Fsp3) is 0.500. The van der Waals surface area contributed by atoms with E-state index in [0.717, 1.165) is 11.3 Å². The molecule has 0 bridgehead atoms. The van der Waals surface area contributed by atoms with Gasteiger partial charge in [0.2, 0.25) is 5.91 Å². The molecule has 1 aliphatic rings.